The van der Waals surface area contributed by atoms with Gasteiger partial charge in [0.05, 0.1) is 24.7 Å². The fraction of sp³-hybridized carbons (Fsp3) is 0.710. The number of cyclic esters (lactones) is 1. The van der Waals surface area contributed by atoms with Crippen LogP contribution in [-0.4, -0.2) is 58.9 Å². The maximum absolute atomic E-state index is 13.9. The summed E-state index contributed by atoms with van der Waals surface area (Å²) in [5.41, 5.74) is -5.39. The summed E-state index contributed by atoms with van der Waals surface area (Å²) >= 11 is 0. The van der Waals surface area contributed by atoms with E-state index in [2.05, 4.69) is 6.92 Å². The second-order valence-electron chi connectivity index (χ2n) is 14.2. The summed E-state index contributed by atoms with van der Waals surface area (Å²) in [5.74, 6) is -1.41. The van der Waals surface area contributed by atoms with Crippen LogP contribution in [0, 0.1) is 33.5 Å². The van der Waals surface area contributed by atoms with Gasteiger partial charge >= 0.3 is 11.9 Å². The molecule has 0 aromatic carbocycles. The van der Waals surface area contributed by atoms with Crippen molar-refractivity contribution in [1.29, 1.82) is 0 Å². The molecule has 3 aliphatic carbocycles. The van der Waals surface area contributed by atoms with Crippen molar-refractivity contribution in [3.63, 3.8) is 0 Å². The molecule has 4 heterocycles. The normalized spacial score (nSPS) is 49.5. The molecule has 2 saturated carbocycles. The van der Waals surface area contributed by atoms with Crippen molar-refractivity contribution in [2.24, 2.45) is 33.5 Å². The average Bonchev–Trinajstić information content (AvgIpc) is 3.17. The molecule has 40 heavy (non-hydrogen) atoms. The lowest BCUT2D eigenvalue weighted by atomic mass is 9.34. The molecule has 1 N–H and O–H groups in total. The molecule has 0 amide bonds. The Morgan fingerprint density at radius 1 is 1.18 bits per heavy atom. The molecule has 7 rings (SSSR count). The summed E-state index contributed by atoms with van der Waals surface area (Å²) in [5, 5.41) is 12.5. The zero-order chi connectivity index (χ0) is 28.7. The van der Waals surface area contributed by atoms with Gasteiger partial charge in [-0.05, 0) is 50.7 Å². The third kappa shape index (κ3) is 2.56. The number of epoxide rings is 1. The zero-order valence-electron chi connectivity index (χ0n) is 23.9. The van der Waals surface area contributed by atoms with Crippen LogP contribution < -0.4 is 0 Å². The Hall–Kier alpha value is -2.49. The van der Waals surface area contributed by atoms with Crippen molar-refractivity contribution in [3.05, 3.63) is 36.3 Å². The first-order chi connectivity index (χ1) is 18.7. The van der Waals surface area contributed by atoms with Crippen molar-refractivity contribution in [1.82, 2.24) is 0 Å². The van der Waals surface area contributed by atoms with Crippen molar-refractivity contribution >= 4 is 17.7 Å². The molecule has 5 fully saturated rings. The molecule has 1 aromatic rings. The molecule has 0 radical (unpaired) electrons. The molecule has 3 aliphatic heterocycles. The number of hydrogen-bond acceptors (Lipinski definition) is 9. The minimum absolute atomic E-state index is 0.0324. The lowest BCUT2D eigenvalue weighted by molar-refractivity contribution is -0.288. The van der Waals surface area contributed by atoms with Gasteiger partial charge in [-0.15, -0.1) is 0 Å². The first-order valence-electron chi connectivity index (χ1n) is 14.4. The van der Waals surface area contributed by atoms with Gasteiger partial charge in [0.25, 0.3) is 0 Å². The summed E-state index contributed by atoms with van der Waals surface area (Å²) in [4.78, 5) is 40.8. The van der Waals surface area contributed by atoms with E-state index in [-0.39, 0.29) is 30.6 Å². The molecule has 6 aliphatic rings. The summed E-state index contributed by atoms with van der Waals surface area (Å²) in [7, 11) is 0. The molecule has 3 saturated heterocycles. The van der Waals surface area contributed by atoms with Crippen LogP contribution in [-0.2, 0) is 33.3 Å². The van der Waals surface area contributed by atoms with Gasteiger partial charge in [-0.2, -0.15) is 0 Å². The number of hydrogen-bond donors (Lipinski definition) is 1. The van der Waals surface area contributed by atoms with Gasteiger partial charge in [-0.1, -0.05) is 33.8 Å². The average molecular weight is 555 g/mol. The summed E-state index contributed by atoms with van der Waals surface area (Å²) in [6.07, 6.45) is 3.98. The van der Waals surface area contributed by atoms with Crippen LogP contribution in [0.25, 0.3) is 0 Å². The number of aliphatic hydroxyl groups is 1. The third-order valence-electron chi connectivity index (χ3n) is 11.9. The number of aliphatic hydroxyl groups excluding tert-OH is 1. The van der Waals surface area contributed by atoms with Gasteiger partial charge in [0, 0.05) is 28.2 Å². The van der Waals surface area contributed by atoms with Gasteiger partial charge < -0.3 is 28.5 Å². The first kappa shape index (κ1) is 26.4. The Balaban J connectivity index is 1.46. The third-order valence-corrected chi connectivity index (χ3v) is 11.9. The molecular formula is C31H38O9. The van der Waals surface area contributed by atoms with Gasteiger partial charge in [-0.3, -0.25) is 9.59 Å². The summed E-state index contributed by atoms with van der Waals surface area (Å²) < 4.78 is 30.6. The van der Waals surface area contributed by atoms with Crippen molar-refractivity contribution in [2.45, 2.75) is 96.4 Å². The fourth-order valence-electron chi connectivity index (χ4n) is 10.4. The Morgan fingerprint density at radius 3 is 2.60 bits per heavy atom. The highest BCUT2D eigenvalue weighted by atomic mass is 16.7. The summed E-state index contributed by atoms with van der Waals surface area (Å²) in [6.45, 7) is 11.8. The monoisotopic (exact) mass is 554 g/mol. The van der Waals surface area contributed by atoms with Crippen molar-refractivity contribution < 1.29 is 42.9 Å². The SMILES string of the molecule is CC(C)CC(=O)O[C@@H]1[C@H](O)[C@]23C(=O)C=C[C@]2(COC3(C)C)[C@@H]2CC[C@@]3(C)[C@H](c4ccoc4)OC(=O)[C@H]4O[C@]43[C@]12C. The molecule has 1 spiro atoms. The maximum atomic E-state index is 13.9. The number of furan rings is 1. The fourth-order valence-corrected chi connectivity index (χ4v) is 10.4. The van der Waals surface area contributed by atoms with Crippen LogP contribution in [0.15, 0.2) is 35.2 Å². The summed E-state index contributed by atoms with van der Waals surface area (Å²) in [6, 6.07) is 1.79. The van der Waals surface area contributed by atoms with E-state index < -0.39 is 69.2 Å². The predicted molar refractivity (Wildman–Crippen MR) is 138 cm³/mol. The van der Waals surface area contributed by atoms with Crippen LogP contribution in [0.2, 0.25) is 0 Å². The Labute approximate surface area is 233 Å². The molecule has 0 bridgehead atoms. The highest BCUT2D eigenvalue weighted by Gasteiger charge is 2.93. The number of carbonyl (C=O) groups is 3. The second-order valence-corrected chi connectivity index (χ2v) is 14.2. The number of carbonyl (C=O) groups excluding carboxylic acids is 3. The van der Waals surface area contributed by atoms with Crippen LogP contribution in [0.1, 0.15) is 72.5 Å². The number of esters is 2. The minimum atomic E-state index is -1.39. The van der Waals surface area contributed by atoms with Crippen LogP contribution in [0.3, 0.4) is 0 Å². The number of ether oxygens (including phenoxy) is 4. The van der Waals surface area contributed by atoms with E-state index in [0.717, 1.165) is 5.56 Å². The molecule has 0 unspecified atom stereocenters. The van der Waals surface area contributed by atoms with E-state index in [9.17, 15) is 19.5 Å². The van der Waals surface area contributed by atoms with Gasteiger partial charge in [0.15, 0.2) is 11.9 Å². The second kappa shape index (κ2) is 7.66. The molecule has 216 valence electrons. The number of allylic oxidation sites excluding steroid dienone is 1. The van der Waals surface area contributed by atoms with E-state index in [1.165, 1.54) is 0 Å². The van der Waals surface area contributed by atoms with Gasteiger partial charge in [0.1, 0.15) is 29.3 Å². The standard InChI is InChI=1S/C31H38O9/c1-16(2)13-20(33)38-23-21(34)30-19(32)8-11-29(30,15-37-26(30,3)4)18-7-10-27(5)22(17-9-12-36-14-17)39-25(35)24-31(27,40-24)28(18,23)6/h8-9,11-12,14,16,18,21-24,34H,7,10,13,15H2,1-6H3/t18-,21+,22+,23-,24-,27+,28+,29+,30+,31-/m1/s1. The van der Waals surface area contributed by atoms with E-state index in [1.807, 2.05) is 40.7 Å². The molecule has 1 aromatic heterocycles. The van der Waals surface area contributed by atoms with E-state index in [4.69, 9.17) is 23.4 Å². The lowest BCUT2D eigenvalue weighted by Crippen LogP contribution is -2.79. The van der Waals surface area contributed by atoms with E-state index >= 15 is 0 Å². The Morgan fingerprint density at radius 2 is 1.93 bits per heavy atom. The van der Waals surface area contributed by atoms with Crippen molar-refractivity contribution in [3.8, 4) is 0 Å². The molecule has 10 atom stereocenters. The highest BCUT2D eigenvalue weighted by Crippen LogP contribution is 2.82. The first-order valence-corrected chi connectivity index (χ1v) is 14.4. The zero-order valence-corrected chi connectivity index (χ0v) is 23.9. The lowest BCUT2D eigenvalue weighted by Gasteiger charge is -2.69. The van der Waals surface area contributed by atoms with E-state index in [1.54, 1.807) is 24.7 Å². The number of fused-ring (bicyclic) bond motifs is 1. The quantitative estimate of drug-likeness (QED) is 0.438. The Kier molecular flexibility index (Phi) is 5.06. The van der Waals surface area contributed by atoms with Crippen LogP contribution in [0.4, 0.5) is 0 Å². The minimum Gasteiger partial charge on any atom is -0.472 e. The van der Waals surface area contributed by atoms with E-state index in [0.29, 0.717) is 12.8 Å². The van der Waals surface area contributed by atoms with Crippen LogP contribution in [0.5, 0.6) is 0 Å². The predicted octanol–water partition coefficient (Wildman–Crippen LogP) is 3.69. The largest absolute Gasteiger partial charge is 0.472 e. The molecular weight excluding hydrogens is 516 g/mol. The highest BCUT2D eigenvalue weighted by molar-refractivity contribution is 6.01. The smallest absolute Gasteiger partial charge is 0.339 e. The van der Waals surface area contributed by atoms with Crippen molar-refractivity contribution in [2.75, 3.05) is 6.61 Å². The number of rotatable bonds is 4. The topological polar surface area (TPSA) is 125 Å². The number of ketones is 1. The molecule has 9 heteroatoms. The van der Waals surface area contributed by atoms with Gasteiger partial charge in [0.2, 0.25) is 0 Å². The maximum Gasteiger partial charge on any atom is 0.339 e. The van der Waals surface area contributed by atoms with Gasteiger partial charge in [-0.25, -0.2) is 4.79 Å². The van der Waals surface area contributed by atoms with Crippen LogP contribution >= 0.6 is 0 Å². The Bertz CT molecular complexity index is 1330. The molecule has 9 nitrogen and oxygen atoms in total.